The molecule has 0 aliphatic carbocycles. The Labute approximate surface area is 147 Å². The number of anilines is 2. The molecule has 0 radical (unpaired) electrons. The number of rotatable bonds is 5. The minimum absolute atomic E-state index is 0.198. The number of hydrogen-bond acceptors (Lipinski definition) is 5. The molecular weight excluding hydrogens is 346 g/mol. The molecule has 0 saturated heterocycles. The van der Waals surface area contributed by atoms with Crippen LogP contribution in [0.3, 0.4) is 0 Å². The van der Waals surface area contributed by atoms with Gasteiger partial charge >= 0.3 is 6.03 Å². The highest BCUT2D eigenvalue weighted by molar-refractivity contribution is 6.00. The fraction of sp³-hybridized carbons (Fsp3) is 0.250. The quantitative estimate of drug-likeness (QED) is 0.725. The van der Waals surface area contributed by atoms with Crippen LogP contribution in [-0.4, -0.2) is 32.7 Å². The van der Waals surface area contributed by atoms with Crippen molar-refractivity contribution in [2.75, 3.05) is 17.7 Å². The van der Waals surface area contributed by atoms with Crippen molar-refractivity contribution in [2.45, 2.75) is 19.5 Å². The van der Waals surface area contributed by atoms with Crippen molar-refractivity contribution >= 4 is 23.1 Å². The molecule has 136 valence electrons. The van der Waals surface area contributed by atoms with E-state index >= 15 is 0 Å². The normalized spacial score (nSPS) is 12.3. The maximum absolute atomic E-state index is 12.7. The average molecular weight is 362 g/mol. The zero-order valence-electron chi connectivity index (χ0n) is 14.0. The van der Waals surface area contributed by atoms with E-state index in [-0.39, 0.29) is 11.8 Å². The monoisotopic (exact) mass is 362 g/mol. The lowest BCUT2D eigenvalue weighted by molar-refractivity contribution is 0.120. The largest absolute Gasteiger partial charge is 0.377 e. The summed E-state index contributed by atoms with van der Waals surface area (Å²) in [6, 6.07) is 1.91. The summed E-state index contributed by atoms with van der Waals surface area (Å²) in [6.07, 6.45) is 2.85. The number of halogens is 2. The predicted molar refractivity (Wildman–Crippen MR) is 90.2 cm³/mol. The molecule has 1 unspecified atom stereocenters. The van der Waals surface area contributed by atoms with Gasteiger partial charge < -0.3 is 15.4 Å². The molecule has 0 spiro atoms. The maximum atomic E-state index is 12.7. The second-order valence-electron chi connectivity index (χ2n) is 5.39. The van der Waals surface area contributed by atoms with Gasteiger partial charge in [-0.05, 0) is 19.1 Å². The number of aromatic nitrogens is 4. The van der Waals surface area contributed by atoms with E-state index in [0.29, 0.717) is 16.9 Å². The van der Waals surface area contributed by atoms with Gasteiger partial charge in [-0.3, -0.25) is 4.98 Å². The number of carbonyl (C=O) groups is 1. The summed E-state index contributed by atoms with van der Waals surface area (Å²) in [4.78, 5) is 20.0. The summed E-state index contributed by atoms with van der Waals surface area (Å²) in [5.74, 6) is 0. The zero-order valence-corrected chi connectivity index (χ0v) is 14.0. The second kappa shape index (κ2) is 7.40. The van der Waals surface area contributed by atoms with Crippen LogP contribution in [0.5, 0.6) is 0 Å². The van der Waals surface area contributed by atoms with Gasteiger partial charge in [0.25, 0.3) is 6.43 Å². The third-order valence-electron chi connectivity index (χ3n) is 3.73. The molecule has 10 heteroatoms. The Morgan fingerprint density at radius 2 is 2.08 bits per heavy atom. The molecule has 3 aromatic heterocycles. The van der Waals surface area contributed by atoms with Crippen molar-refractivity contribution < 1.29 is 18.3 Å². The van der Waals surface area contributed by atoms with Crippen molar-refractivity contribution in [3.8, 4) is 0 Å². The van der Waals surface area contributed by atoms with E-state index in [0.717, 1.165) is 6.07 Å². The number of fused-ring (bicyclic) bond motifs is 1. The highest BCUT2D eigenvalue weighted by Crippen LogP contribution is 2.28. The van der Waals surface area contributed by atoms with E-state index in [4.69, 9.17) is 4.74 Å². The summed E-state index contributed by atoms with van der Waals surface area (Å²) in [7, 11) is 1.54. The number of alkyl halides is 2. The minimum atomic E-state index is -2.72. The first-order valence-corrected chi connectivity index (χ1v) is 7.66. The number of nitrogens with one attached hydrogen (secondary N) is 2. The van der Waals surface area contributed by atoms with E-state index < -0.39 is 18.2 Å². The van der Waals surface area contributed by atoms with Gasteiger partial charge in [0.05, 0.1) is 23.6 Å². The van der Waals surface area contributed by atoms with Crippen LogP contribution in [0.15, 0.2) is 36.9 Å². The predicted octanol–water partition coefficient (Wildman–Crippen LogP) is 3.41. The summed E-state index contributed by atoms with van der Waals surface area (Å²) in [5.41, 5.74) is 1.37. The Hall–Kier alpha value is -3.14. The van der Waals surface area contributed by atoms with Gasteiger partial charge in [0, 0.05) is 31.4 Å². The molecule has 0 fully saturated rings. The summed E-state index contributed by atoms with van der Waals surface area (Å²) < 4.78 is 32.3. The summed E-state index contributed by atoms with van der Waals surface area (Å²) >= 11 is 0. The minimum Gasteiger partial charge on any atom is -0.377 e. The maximum Gasteiger partial charge on any atom is 0.323 e. The molecule has 1 atom stereocenters. The van der Waals surface area contributed by atoms with Crippen LogP contribution >= 0.6 is 0 Å². The molecule has 0 saturated carbocycles. The van der Waals surface area contributed by atoms with Gasteiger partial charge in [-0.15, -0.1) is 0 Å². The Morgan fingerprint density at radius 3 is 2.81 bits per heavy atom. The first kappa shape index (κ1) is 17.7. The van der Waals surface area contributed by atoms with Crippen LogP contribution in [0.25, 0.3) is 5.65 Å². The van der Waals surface area contributed by atoms with Crippen molar-refractivity contribution in [3.05, 3.63) is 48.2 Å². The number of pyridine rings is 1. The molecule has 26 heavy (non-hydrogen) atoms. The number of imidazole rings is 1. The number of hydrogen-bond donors (Lipinski definition) is 2. The van der Waals surface area contributed by atoms with Crippen LogP contribution in [0, 0.1) is 0 Å². The molecule has 0 aromatic carbocycles. The Balaban J connectivity index is 1.84. The van der Waals surface area contributed by atoms with Gasteiger partial charge in [-0.25, -0.2) is 23.1 Å². The number of methoxy groups -OCH3 is 1. The van der Waals surface area contributed by atoms with Crippen molar-refractivity contribution in [1.29, 1.82) is 0 Å². The highest BCUT2D eigenvalue weighted by Gasteiger charge is 2.18. The smallest absolute Gasteiger partial charge is 0.323 e. The Morgan fingerprint density at radius 1 is 1.27 bits per heavy atom. The number of carbonyl (C=O) groups excluding carboxylic acids is 1. The van der Waals surface area contributed by atoms with E-state index in [1.807, 2.05) is 6.92 Å². The molecule has 2 amide bonds. The molecule has 0 aliphatic heterocycles. The van der Waals surface area contributed by atoms with E-state index in [1.54, 1.807) is 16.9 Å². The number of ether oxygens (including phenoxy) is 1. The molecular formula is C16H16F2N6O2. The topological polar surface area (TPSA) is 93.4 Å². The number of nitrogens with zero attached hydrogens (tertiary/aromatic N) is 4. The molecule has 0 bridgehead atoms. The fourth-order valence-corrected chi connectivity index (χ4v) is 2.44. The van der Waals surface area contributed by atoms with Crippen LogP contribution in [0.2, 0.25) is 0 Å². The lowest BCUT2D eigenvalue weighted by Crippen LogP contribution is -2.21. The third kappa shape index (κ3) is 3.59. The van der Waals surface area contributed by atoms with E-state index in [1.165, 1.54) is 25.6 Å². The Bertz CT molecular complexity index is 930. The SMILES string of the molecule is COC(C)c1c(NC(=O)Nc2ccnc(C(F)F)c2)cnn2ccnc12. The van der Waals surface area contributed by atoms with E-state index in [2.05, 4.69) is 25.7 Å². The molecule has 3 heterocycles. The van der Waals surface area contributed by atoms with Gasteiger partial charge in [-0.1, -0.05) is 0 Å². The molecule has 8 nitrogen and oxygen atoms in total. The van der Waals surface area contributed by atoms with Gasteiger partial charge in [0.15, 0.2) is 5.65 Å². The van der Waals surface area contributed by atoms with Crippen molar-refractivity contribution in [3.63, 3.8) is 0 Å². The van der Waals surface area contributed by atoms with Crippen LogP contribution in [0.1, 0.15) is 30.7 Å². The number of amides is 2. The summed E-state index contributed by atoms with van der Waals surface area (Å²) in [5, 5.41) is 9.31. The molecule has 0 aliphatic rings. The van der Waals surface area contributed by atoms with Gasteiger partial charge in [0.2, 0.25) is 0 Å². The average Bonchev–Trinajstić information content (AvgIpc) is 3.09. The van der Waals surface area contributed by atoms with Crippen LogP contribution in [0.4, 0.5) is 25.0 Å². The zero-order chi connectivity index (χ0) is 18.7. The van der Waals surface area contributed by atoms with Crippen molar-refractivity contribution in [2.24, 2.45) is 0 Å². The first-order chi connectivity index (χ1) is 12.5. The standard InChI is InChI=1S/C16H16F2N6O2/c1-9(26-2)13-12(8-21-24-6-5-20-15(13)24)23-16(25)22-10-3-4-19-11(7-10)14(17)18/h3-9,14H,1-2H3,(H2,19,22,23,25). The molecule has 2 N–H and O–H groups in total. The molecule has 3 aromatic rings. The third-order valence-corrected chi connectivity index (χ3v) is 3.73. The first-order valence-electron chi connectivity index (χ1n) is 7.66. The van der Waals surface area contributed by atoms with Crippen molar-refractivity contribution in [1.82, 2.24) is 19.6 Å². The van der Waals surface area contributed by atoms with Crippen LogP contribution in [-0.2, 0) is 4.74 Å². The Kier molecular flexibility index (Phi) is 5.03. The van der Waals surface area contributed by atoms with Gasteiger partial charge in [-0.2, -0.15) is 5.10 Å². The van der Waals surface area contributed by atoms with Gasteiger partial charge in [0.1, 0.15) is 5.69 Å². The van der Waals surface area contributed by atoms with E-state index in [9.17, 15) is 13.6 Å². The number of urea groups is 1. The highest BCUT2D eigenvalue weighted by atomic mass is 19.3. The lowest BCUT2D eigenvalue weighted by atomic mass is 10.1. The second-order valence-corrected chi connectivity index (χ2v) is 5.39. The summed E-state index contributed by atoms with van der Waals surface area (Å²) in [6.45, 7) is 1.81. The lowest BCUT2D eigenvalue weighted by Gasteiger charge is -2.16. The fourth-order valence-electron chi connectivity index (χ4n) is 2.44. The molecule has 3 rings (SSSR count). The van der Waals surface area contributed by atoms with Crippen LogP contribution < -0.4 is 10.6 Å².